The van der Waals surface area contributed by atoms with Crippen LogP contribution in [0.1, 0.15) is 36.8 Å². The number of rotatable bonds is 5. The first kappa shape index (κ1) is 20.8. The zero-order chi connectivity index (χ0) is 22.3. The number of primary amides is 1. The van der Waals surface area contributed by atoms with Crippen LogP contribution in [-0.2, 0) is 15.1 Å². The highest BCUT2D eigenvalue weighted by Crippen LogP contribution is 2.49. The summed E-state index contributed by atoms with van der Waals surface area (Å²) in [4.78, 5) is 31.3. The Morgan fingerprint density at radius 3 is 2.72 bits per heavy atom. The van der Waals surface area contributed by atoms with Gasteiger partial charge in [0.1, 0.15) is 5.82 Å². The van der Waals surface area contributed by atoms with Crippen LogP contribution >= 0.6 is 11.6 Å². The van der Waals surface area contributed by atoms with Crippen LogP contribution in [0.3, 0.4) is 0 Å². The van der Waals surface area contributed by atoms with E-state index >= 15 is 0 Å². The number of amides is 2. The van der Waals surface area contributed by atoms with Gasteiger partial charge in [-0.2, -0.15) is 0 Å². The highest BCUT2D eigenvalue weighted by Gasteiger charge is 2.45. The van der Waals surface area contributed by atoms with Crippen molar-refractivity contribution in [1.29, 1.82) is 0 Å². The summed E-state index contributed by atoms with van der Waals surface area (Å²) < 4.78 is 2.18. The molecule has 5 rings (SSSR count). The summed E-state index contributed by atoms with van der Waals surface area (Å²) in [5, 5.41) is 0.669. The zero-order valence-corrected chi connectivity index (χ0v) is 18.5. The van der Waals surface area contributed by atoms with Crippen molar-refractivity contribution in [2.45, 2.75) is 31.2 Å². The third-order valence-corrected chi connectivity index (χ3v) is 7.12. The Kier molecular flexibility index (Phi) is 5.25. The molecule has 3 heterocycles. The number of likely N-dealkylation sites (tertiary alicyclic amines) is 1. The Hall–Kier alpha value is -3.12. The molecule has 0 aliphatic carbocycles. The molecule has 0 bridgehead atoms. The van der Waals surface area contributed by atoms with E-state index in [9.17, 15) is 9.59 Å². The molecule has 2 aromatic carbocycles. The van der Waals surface area contributed by atoms with Crippen LogP contribution in [0.25, 0.3) is 11.4 Å². The van der Waals surface area contributed by atoms with Gasteiger partial charge in [0.15, 0.2) is 0 Å². The Labute approximate surface area is 192 Å². The largest absolute Gasteiger partial charge is 0.369 e. The molecule has 0 radical (unpaired) electrons. The number of aromatic nitrogens is 2. The van der Waals surface area contributed by atoms with Gasteiger partial charge in [-0.15, -0.1) is 0 Å². The highest BCUT2D eigenvalue weighted by atomic mass is 35.5. The summed E-state index contributed by atoms with van der Waals surface area (Å²) in [6.07, 6.45) is 6.26. The van der Waals surface area contributed by atoms with E-state index in [-0.39, 0.29) is 17.7 Å². The van der Waals surface area contributed by atoms with Crippen LogP contribution in [0.5, 0.6) is 0 Å². The van der Waals surface area contributed by atoms with Crippen molar-refractivity contribution in [3.63, 3.8) is 0 Å². The van der Waals surface area contributed by atoms with E-state index in [0.29, 0.717) is 31.0 Å². The summed E-state index contributed by atoms with van der Waals surface area (Å²) in [6.45, 7) is 1.08. The van der Waals surface area contributed by atoms with E-state index in [1.165, 1.54) is 0 Å². The third kappa shape index (κ3) is 3.30. The molecule has 0 saturated carbocycles. The molecule has 2 aliphatic heterocycles. The van der Waals surface area contributed by atoms with Crippen LogP contribution in [-0.4, -0.2) is 39.4 Å². The molecule has 6 nitrogen and oxygen atoms in total. The van der Waals surface area contributed by atoms with E-state index in [4.69, 9.17) is 17.3 Å². The molecule has 1 aromatic heterocycles. The topological polar surface area (TPSA) is 81.2 Å². The summed E-state index contributed by atoms with van der Waals surface area (Å²) in [5.41, 5.74) is 8.22. The van der Waals surface area contributed by atoms with E-state index in [0.717, 1.165) is 35.4 Å². The quantitative estimate of drug-likeness (QED) is 0.644. The summed E-state index contributed by atoms with van der Waals surface area (Å²) >= 11 is 6.19. The first-order chi connectivity index (χ1) is 15.5. The highest BCUT2D eigenvalue weighted by molar-refractivity contribution is 6.30. The fraction of sp³-hybridized carbons (Fsp3) is 0.320. The van der Waals surface area contributed by atoms with E-state index in [1.54, 1.807) is 11.1 Å². The average Bonchev–Trinajstić information content (AvgIpc) is 3.39. The molecular formula is C25H25ClN4O2. The number of carbonyl (C=O) groups excluding carboxylic acids is 2. The molecule has 32 heavy (non-hydrogen) atoms. The molecule has 164 valence electrons. The first-order valence-corrected chi connectivity index (χ1v) is 11.4. The van der Waals surface area contributed by atoms with E-state index < -0.39 is 5.54 Å². The van der Waals surface area contributed by atoms with Gasteiger partial charge in [0.2, 0.25) is 11.8 Å². The second-order valence-corrected chi connectivity index (χ2v) is 9.05. The van der Waals surface area contributed by atoms with Crippen molar-refractivity contribution in [2.24, 2.45) is 11.7 Å². The zero-order valence-electron chi connectivity index (χ0n) is 17.7. The van der Waals surface area contributed by atoms with Crippen LogP contribution < -0.4 is 5.73 Å². The minimum atomic E-state index is -0.554. The third-order valence-electron chi connectivity index (χ3n) is 6.86. The number of nitrogens with zero attached hydrogens (tertiary/aromatic N) is 3. The molecule has 2 atom stereocenters. The molecule has 1 fully saturated rings. The Morgan fingerprint density at radius 2 is 1.94 bits per heavy atom. The fourth-order valence-electron chi connectivity index (χ4n) is 5.28. The number of halogens is 1. The van der Waals surface area contributed by atoms with Crippen molar-refractivity contribution < 1.29 is 9.59 Å². The smallest absolute Gasteiger partial charge is 0.222 e. The minimum Gasteiger partial charge on any atom is -0.369 e. The molecule has 2 amide bonds. The van der Waals surface area contributed by atoms with Crippen molar-refractivity contribution in [3.05, 3.63) is 77.1 Å². The molecule has 2 unspecified atom stereocenters. The maximum atomic E-state index is 13.2. The van der Waals surface area contributed by atoms with Crippen molar-refractivity contribution >= 4 is 23.4 Å². The van der Waals surface area contributed by atoms with E-state index in [1.807, 2.05) is 42.6 Å². The molecule has 2 aliphatic rings. The lowest BCUT2D eigenvalue weighted by molar-refractivity contribution is -0.135. The van der Waals surface area contributed by atoms with Gasteiger partial charge in [0.25, 0.3) is 0 Å². The van der Waals surface area contributed by atoms with Gasteiger partial charge < -0.3 is 15.2 Å². The summed E-state index contributed by atoms with van der Waals surface area (Å²) in [5.74, 6) is 0.364. The molecular weight excluding hydrogens is 424 g/mol. The Bertz CT molecular complexity index is 1170. The SMILES string of the molecule is NC(=O)C1CCCN(C(=O)CCC2(c3ccc(Cl)cc3)c3ccccc3-c3nccn32)C1. The van der Waals surface area contributed by atoms with Gasteiger partial charge in [-0.05, 0) is 42.5 Å². The number of imidazole rings is 1. The van der Waals surface area contributed by atoms with Gasteiger partial charge >= 0.3 is 0 Å². The number of piperidine rings is 1. The van der Waals surface area contributed by atoms with Crippen molar-refractivity contribution in [2.75, 3.05) is 13.1 Å². The molecule has 1 saturated heterocycles. The standard InChI is InChI=1S/C25H25ClN4O2/c26-19-9-7-18(8-10-19)25(12-11-22(31)29-14-3-4-17(16-29)23(27)32)21-6-2-1-5-20(21)24-28-13-15-30(24)25/h1-2,5-10,13,15,17H,3-4,11-12,14,16H2,(H2,27,32). The fourth-order valence-corrected chi connectivity index (χ4v) is 5.41. The first-order valence-electron chi connectivity index (χ1n) is 11.0. The summed E-state index contributed by atoms with van der Waals surface area (Å²) in [7, 11) is 0. The predicted octanol–water partition coefficient (Wildman–Crippen LogP) is 3.81. The summed E-state index contributed by atoms with van der Waals surface area (Å²) in [6, 6.07) is 16.1. The number of hydrogen-bond donors (Lipinski definition) is 1. The van der Waals surface area contributed by atoms with E-state index in [2.05, 4.69) is 21.7 Å². The average molecular weight is 449 g/mol. The van der Waals surface area contributed by atoms with Crippen LogP contribution in [0.4, 0.5) is 0 Å². The monoisotopic (exact) mass is 448 g/mol. The number of hydrogen-bond acceptors (Lipinski definition) is 3. The number of nitrogens with two attached hydrogens (primary N) is 1. The second kappa shape index (κ2) is 8.10. The predicted molar refractivity (Wildman–Crippen MR) is 123 cm³/mol. The van der Waals surface area contributed by atoms with Crippen molar-refractivity contribution in [3.8, 4) is 11.4 Å². The second-order valence-electron chi connectivity index (χ2n) is 8.61. The number of carbonyl (C=O) groups is 2. The Morgan fingerprint density at radius 1 is 1.16 bits per heavy atom. The maximum absolute atomic E-state index is 13.2. The molecule has 0 spiro atoms. The molecule has 7 heteroatoms. The minimum absolute atomic E-state index is 0.0512. The van der Waals surface area contributed by atoms with Gasteiger partial charge in [-0.3, -0.25) is 9.59 Å². The maximum Gasteiger partial charge on any atom is 0.222 e. The lowest BCUT2D eigenvalue weighted by Crippen LogP contribution is -2.44. The van der Waals surface area contributed by atoms with Crippen molar-refractivity contribution in [1.82, 2.24) is 14.5 Å². The van der Waals surface area contributed by atoms with Gasteiger partial charge in [-0.1, -0.05) is 48.0 Å². The number of fused-ring (bicyclic) bond motifs is 3. The van der Waals surface area contributed by atoms with Crippen LogP contribution in [0.15, 0.2) is 60.9 Å². The Balaban J connectivity index is 1.51. The lowest BCUT2D eigenvalue weighted by atomic mass is 9.79. The molecule has 2 N–H and O–H groups in total. The van der Waals surface area contributed by atoms with Crippen LogP contribution in [0.2, 0.25) is 5.02 Å². The lowest BCUT2D eigenvalue weighted by Gasteiger charge is -2.35. The van der Waals surface area contributed by atoms with Gasteiger partial charge in [-0.25, -0.2) is 4.98 Å². The molecule has 3 aromatic rings. The van der Waals surface area contributed by atoms with Gasteiger partial charge in [0.05, 0.1) is 11.5 Å². The van der Waals surface area contributed by atoms with Gasteiger partial charge in [0, 0.05) is 42.5 Å². The normalized spacial score (nSPS) is 21.8. The number of benzene rings is 2. The van der Waals surface area contributed by atoms with Crippen LogP contribution in [0, 0.1) is 5.92 Å².